The molecule has 0 aliphatic rings. The summed E-state index contributed by atoms with van der Waals surface area (Å²) < 4.78 is 6.49. The molecule has 0 radical (unpaired) electrons. The monoisotopic (exact) mass is 100 g/mol. The summed E-state index contributed by atoms with van der Waals surface area (Å²) in [4.78, 5) is 0. The van der Waals surface area contributed by atoms with Gasteiger partial charge < -0.3 is 5.11 Å². The summed E-state index contributed by atoms with van der Waals surface area (Å²) in [5.41, 5.74) is -0.401. The Labute approximate surface area is 45.8 Å². The number of hydrogen-bond acceptors (Lipinski definition) is 1. The zero-order valence-electron chi connectivity index (χ0n) is 5.65. The standard InChI is InChI=1S/C6H10O/c1-4-6(2,3)5-7/h1,7H,5H2,2-3H3/i1T. The summed E-state index contributed by atoms with van der Waals surface area (Å²) in [6.45, 7) is 3.59. The summed E-state index contributed by atoms with van der Waals surface area (Å²) in [5.74, 6) is 2.54. The molecule has 0 spiro atoms. The van der Waals surface area contributed by atoms with Gasteiger partial charge in [-0.1, -0.05) is 5.92 Å². The molecule has 0 aliphatic heterocycles. The summed E-state index contributed by atoms with van der Waals surface area (Å²) in [6.07, 6.45) is 2.00. The van der Waals surface area contributed by atoms with Crippen molar-refractivity contribution >= 4 is 0 Å². The van der Waals surface area contributed by atoms with Gasteiger partial charge in [-0.3, -0.25) is 0 Å². The maximum atomic E-state index is 8.54. The SMILES string of the molecule is [3H]C#CC(C)(C)CO. The van der Waals surface area contributed by atoms with Gasteiger partial charge in [-0.25, -0.2) is 0 Å². The second kappa shape index (κ2) is 1.99. The molecule has 0 aromatic rings. The van der Waals surface area contributed by atoms with E-state index in [0.29, 0.717) is 0 Å². The van der Waals surface area contributed by atoms with Crippen molar-refractivity contribution in [3.05, 3.63) is 0 Å². The Kier molecular flexibility index (Phi) is 1.33. The third kappa shape index (κ3) is 2.24. The van der Waals surface area contributed by atoms with E-state index in [9.17, 15) is 0 Å². The van der Waals surface area contributed by atoms with Gasteiger partial charge in [0.1, 0.15) is 1.37 Å². The molecule has 0 unspecified atom stereocenters. The van der Waals surface area contributed by atoms with Gasteiger partial charge in [0.05, 0.1) is 6.61 Å². The van der Waals surface area contributed by atoms with Crippen molar-refractivity contribution in [1.29, 1.82) is 0 Å². The maximum Gasteiger partial charge on any atom is 0.124 e. The van der Waals surface area contributed by atoms with Crippen LogP contribution in [0.4, 0.5) is 0 Å². The van der Waals surface area contributed by atoms with Gasteiger partial charge in [0.25, 0.3) is 0 Å². The first-order chi connectivity index (χ1) is 3.62. The molecule has 0 heterocycles. The molecular weight excluding hydrogens is 88.1 g/mol. The predicted molar refractivity (Wildman–Crippen MR) is 29.7 cm³/mol. The predicted octanol–water partition coefficient (Wildman–Crippen LogP) is 0.638. The number of terminal acetylenes is 1. The van der Waals surface area contributed by atoms with Crippen LogP contribution in [0, 0.1) is 17.7 Å². The van der Waals surface area contributed by atoms with Gasteiger partial charge in [0, 0.05) is 5.41 Å². The minimum atomic E-state index is -0.401. The Morgan fingerprint density at radius 1 is 2.00 bits per heavy atom. The van der Waals surface area contributed by atoms with Crippen LogP contribution in [0.3, 0.4) is 0 Å². The van der Waals surface area contributed by atoms with Crippen molar-refractivity contribution in [2.75, 3.05) is 6.61 Å². The molecule has 0 rings (SSSR count). The van der Waals surface area contributed by atoms with Crippen molar-refractivity contribution < 1.29 is 6.48 Å². The lowest BCUT2D eigenvalue weighted by atomic mass is 9.97. The lowest BCUT2D eigenvalue weighted by Gasteiger charge is -2.10. The molecule has 0 bridgehead atoms. The first kappa shape index (κ1) is 4.67. The number of aliphatic hydroxyl groups excluding tert-OH is 1. The summed E-state index contributed by atoms with van der Waals surface area (Å²) in [7, 11) is 0. The fourth-order valence-electron chi connectivity index (χ4n) is 0.0395. The van der Waals surface area contributed by atoms with E-state index in [1.54, 1.807) is 13.8 Å². The van der Waals surface area contributed by atoms with E-state index in [1.165, 1.54) is 0 Å². The molecule has 40 valence electrons. The van der Waals surface area contributed by atoms with Crippen molar-refractivity contribution in [1.82, 2.24) is 0 Å². The highest BCUT2D eigenvalue weighted by Gasteiger charge is 2.09. The Morgan fingerprint density at radius 3 is 2.71 bits per heavy atom. The van der Waals surface area contributed by atoms with Crippen LogP contribution >= 0.6 is 0 Å². The highest BCUT2D eigenvalue weighted by molar-refractivity contribution is 4.99. The van der Waals surface area contributed by atoms with Crippen molar-refractivity contribution in [2.24, 2.45) is 5.41 Å². The molecular formula is C6H10O. The minimum absolute atomic E-state index is 0.0128. The van der Waals surface area contributed by atoms with Crippen LogP contribution in [-0.4, -0.2) is 11.7 Å². The van der Waals surface area contributed by atoms with Gasteiger partial charge in [0.2, 0.25) is 0 Å². The first-order valence-corrected chi connectivity index (χ1v) is 2.17. The number of aliphatic hydroxyl groups is 1. The smallest absolute Gasteiger partial charge is 0.124 e. The molecule has 7 heavy (non-hydrogen) atoms. The zero-order valence-corrected chi connectivity index (χ0v) is 4.65. The number of rotatable bonds is 1. The second-order valence-corrected chi connectivity index (χ2v) is 2.17. The molecule has 0 atom stereocenters. The molecule has 0 aromatic heterocycles. The van der Waals surface area contributed by atoms with E-state index < -0.39 is 5.41 Å². The van der Waals surface area contributed by atoms with Crippen LogP contribution < -0.4 is 0 Å². The van der Waals surface area contributed by atoms with E-state index >= 15 is 0 Å². The van der Waals surface area contributed by atoms with Crippen molar-refractivity contribution in [3.63, 3.8) is 0 Å². The molecule has 0 fully saturated rings. The summed E-state index contributed by atoms with van der Waals surface area (Å²) >= 11 is 0. The number of hydrogen-bond donors (Lipinski definition) is 1. The first-order valence-electron chi connectivity index (χ1n) is 2.67. The van der Waals surface area contributed by atoms with E-state index in [4.69, 9.17) is 6.48 Å². The fourth-order valence-corrected chi connectivity index (χ4v) is 0.0395. The maximum absolute atomic E-state index is 8.54. The quantitative estimate of drug-likeness (QED) is 0.479. The van der Waals surface area contributed by atoms with Crippen molar-refractivity contribution in [3.8, 4) is 12.3 Å². The lowest BCUT2D eigenvalue weighted by molar-refractivity contribution is 0.207. The molecule has 1 heteroatoms. The topological polar surface area (TPSA) is 20.2 Å². The molecule has 1 N–H and O–H groups in total. The van der Waals surface area contributed by atoms with Crippen LogP contribution in [0.15, 0.2) is 0 Å². The van der Waals surface area contributed by atoms with Gasteiger partial charge in [0.15, 0.2) is 0 Å². The van der Waals surface area contributed by atoms with E-state index in [-0.39, 0.29) is 6.61 Å². The third-order valence-electron chi connectivity index (χ3n) is 0.734. The molecule has 0 amide bonds. The average Bonchev–Trinajstić information content (AvgIpc) is 1.67. The molecule has 0 saturated carbocycles. The average molecular weight is 100 g/mol. The molecule has 0 saturated heterocycles. The molecule has 0 aliphatic carbocycles. The van der Waals surface area contributed by atoms with Gasteiger partial charge in [-0.05, 0) is 13.8 Å². The Bertz CT molecular complexity index is 118. The van der Waals surface area contributed by atoms with E-state index in [1.807, 2.05) is 6.40 Å². The van der Waals surface area contributed by atoms with E-state index in [2.05, 4.69) is 5.92 Å². The van der Waals surface area contributed by atoms with Crippen molar-refractivity contribution in [2.45, 2.75) is 13.8 Å². The Hall–Kier alpha value is -0.480. The van der Waals surface area contributed by atoms with Crippen LogP contribution in [0.1, 0.15) is 15.2 Å². The fraction of sp³-hybridized carbons (Fsp3) is 0.667. The highest BCUT2D eigenvalue weighted by Crippen LogP contribution is 2.09. The minimum Gasteiger partial charge on any atom is -0.395 e. The van der Waals surface area contributed by atoms with Crippen LogP contribution in [0.25, 0.3) is 0 Å². The highest BCUT2D eigenvalue weighted by atomic mass is 16.3. The molecule has 0 aromatic carbocycles. The summed E-state index contributed by atoms with van der Waals surface area (Å²) in [5, 5.41) is 8.54. The van der Waals surface area contributed by atoms with Gasteiger partial charge in [-0.2, -0.15) is 0 Å². The van der Waals surface area contributed by atoms with Crippen LogP contribution in [0.2, 0.25) is 0 Å². The Balaban J connectivity index is 3.85. The van der Waals surface area contributed by atoms with Crippen LogP contribution in [0.5, 0.6) is 0 Å². The van der Waals surface area contributed by atoms with Gasteiger partial charge >= 0.3 is 0 Å². The Morgan fingerprint density at radius 2 is 2.57 bits per heavy atom. The largest absolute Gasteiger partial charge is 0.395 e. The van der Waals surface area contributed by atoms with Crippen LogP contribution in [-0.2, 0) is 0 Å². The summed E-state index contributed by atoms with van der Waals surface area (Å²) in [6, 6.07) is 0. The van der Waals surface area contributed by atoms with E-state index in [0.717, 1.165) is 0 Å². The normalized spacial score (nSPS) is 11.6. The van der Waals surface area contributed by atoms with Gasteiger partial charge in [-0.15, -0.1) is 6.40 Å². The zero-order chi connectivity index (χ0) is 6.62. The lowest BCUT2D eigenvalue weighted by Crippen LogP contribution is -2.12. The molecule has 1 nitrogen and oxygen atoms in total. The third-order valence-corrected chi connectivity index (χ3v) is 0.734. The second-order valence-electron chi connectivity index (χ2n) is 2.17.